The Balaban J connectivity index is 0.00000364. The molecule has 0 bridgehead atoms. The molecule has 6 nitrogen and oxygen atoms in total. The molecule has 0 heterocycles. The van der Waals surface area contributed by atoms with Crippen LogP contribution in [0.25, 0.3) is 5.70 Å². The van der Waals surface area contributed by atoms with Crippen LogP contribution < -0.4 is 22.5 Å². The summed E-state index contributed by atoms with van der Waals surface area (Å²) < 4.78 is 5.70. The lowest BCUT2D eigenvalue weighted by atomic mass is 10.1. The lowest BCUT2D eigenvalue weighted by Crippen LogP contribution is -2.15. The summed E-state index contributed by atoms with van der Waals surface area (Å²) in [5.74, 6) is 0.406. The summed E-state index contributed by atoms with van der Waals surface area (Å²) >= 11 is 0. The van der Waals surface area contributed by atoms with Crippen molar-refractivity contribution in [2.75, 3.05) is 13.7 Å². The molecule has 7 heteroatoms. The van der Waals surface area contributed by atoms with Crippen LogP contribution in [-0.2, 0) is 17.7 Å². The second-order valence-corrected chi connectivity index (χ2v) is 5.88. The number of hydrogen-bond donors (Lipinski definition) is 5. The van der Waals surface area contributed by atoms with E-state index in [4.69, 9.17) is 21.9 Å². The number of nitrogens with two attached hydrogens (primary N) is 3. The van der Waals surface area contributed by atoms with E-state index in [0.717, 1.165) is 12.1 Å². The Hall–Kier alpha value is -2.77. The zero-order valence-electron chi connectivity index (χ0n) is 15.4. The maximum atomic E-state index is 9.87. The highest BCUT2D eigenvalue weighted by Crippen LogP contribution is 2.22. The van der Waals surface area contributed by atoms with Crippen molar-refractivity contribution in [1.29, 1.82) is 0 Å². The lowest BCUT2D eigenvalue weighted by molar-refractivity contribution is 0.224. The molecule has 146 valence electrons. The van der Waals surface area contributed by atoms with Crippen molar-refractivity contribution in [3.05, 3.63) is 82.9 Å². The van der Waals surface area contributed by atoms with Crippen LogP contribution in [0.3, 0.4) is 0 Å². The van der Waals surface area contributed by atoms with E-state index in [1.54, 1.807) is 24.3 Å². The van der Waals surface area contributed by atoms with Crippen molar-refractivity contribution in [3.63, 3.8) is 0 Å². The van der Waals surface area contributed by atoms with Crippen molar-refractivity contribution in [3.8, 4) is 5.75 Å². The van der Waals surface area contributed by atoms with E-state index in [1.807, 2.05) is 7.05 Å². The number of phenols is 1. The van der Waals surface area contributed by atoms with Crippen LogP contribution in [0.1, 0.15) is 16.7 Å². The van der Waals surface area contributed by atoms with E-state index in [-0.39, 0.29) is 30.8 Å². The molecule has 0 aromatic heterocycles. The zero-order chi connectivity index (χ0) is 18.9. The highest BCUT2D eigenvalue weighted by molar-refractivity contribution is 7.59. The molecule has 2 aromatic rings. The monoisotopic (exact) mass is 388 g/mol. The number of phenolic OH excluding ortho intramolecular Hbond substituents is 1. The number of benzene rings is 2. The minimum Gasteiger partial charge on any atom is -0.507 e. The second kappa shape index (κ2) is 11.1. The first-order valence-electron chi connectivity index (χ1n) is 8.37. The zero-order valence-corrected chi connectivity index (χ0v) is 16.4. The first kappa shape index (κ1) is 22.3. The third-order valence-electron chi connectivity index (χ3n) is 3.84. The Labute approximate surface area is 167 Å². The van der Waals surface area contributed by atoms with Gasteiger partial charge in [0.25, 0.3) is 0 Å². The van der Waals surface area contributed by atoms with E-state index in [9.17, 15) is 5.11 Å². The molecular weight excluding hydrogens is 360 g/mol. The first-order valence-corrected chi connectivity index (χ1v) is 8.37. The van der Waals surface area contributed by atoms with Crippen molar-refractivity contribution in [1.82, 2.24) is 5.32 Å². The summed E-state index contributed by atoms with van der Waals surface area (Å²) in [6.07, 6.45) is 2.24. The minimum absolute atomic E-state index is 0. The molecule has 0 radical (unpaired) electrons. The fourth-order valence-electron chi connectivity index (χ4n) is 2.45. The Kier molecular flexibility index (Phi) is 9.12. The van der Waals surface area contributed by atoms with Gasteiger partial charge in [-0.15, -0.1) is 0 Å². The van der Waals surface area contributed by atoms with Crippen LogP contribution in [0.4, 0.5) is 0 Å². The molecule has 0 atom stereocenters. The summed E-state index contributed by atoms with van der Waals surface area (Å²) in [6, 6.07) is 15.1. The molecule has 0 unspecified atom stereocenters. The predicted molar refractivity (Wildman–Crippen MR) is 115 cm³/mol. The van der Waals surface area contributed by atoms with Gasteiger partial charge in [0.1, 0.15) is 11.6 Å². The van der Waals surface area contributed by atoms with Crippen molar-refractivity contribution in [2.45, 2.75) is 13.0 Å². The molecule has 0 fully saturated rings. The van der Waals surface area contributed by atoms with Crippen LogP contribution in [0.5, 0.6) is 5.75 Å². The van der Waals surface area contributed by atoms with Gasteiger partial charge in [0, 0.05) is 30.3 Å². The number of hydrogen-bond acceptors (Lipinski definition) is 6. The molecule has 0 amide bonds. The summed E-state index contributed by atoms with van der Waals surface area (Å²) in [7, 11) is 1.92. The van der Waals surface area contributed by atoms with Gasteiger partial charge in [-0.2, -0.15) is 13.5 Å². The smallest absolute Gasteiger partial charge is 0.160 e. The normalized spacial score (nSPS) is 10.8. The maximum absolute atomic E-state index is 9.87. The van der Waals surface area contributed by atoms with Gasteiger partial charge in [0.05, 0.1) is 6.61 Å². The topological polar surface area (TPSA) is 120 Å². The van der Waals surface area contributed by atoms with E-state index in [0.29, 0.717) is 24.3 Å². The summed E-state index contributed by atoms with van der Waals surface area (Å²) in [4.78, 5) is 0. The van der Waals surface area contributed by atoms with Gasteiger partial charge in [-0.3, -0.25) is 0 Å². The number of nitrogens with one attached hydrogen (secondary N) is 1. The minimum atomic E-state index is 0. The van der Waals surface area contributed by atoms with Gasteiger partial charge in [0.2, 0.25) is 0 Å². The summed E-state index contributed by atoms with van der Waals surface area (Å²) in [5.41, 5.74) is 20.6. The van der Waals surface area contributed by atoms with Gasteiger partial charge in [-0.1, -0.05) is 36.4 Å². The molecule has 0 aliphatic carbocycles. The third kappa shape index (κ3) is 6.80. The molecule has 0 saturated carbocycles. The summed E-state index contributed by atoms with van der Waals surface area (Å²) in [6.45, 7) is 1.24. The van der Waals surface area contributed by atoms with E-state index in [1.165, 1.54) is 11.6 Å². The Morgan fingerprint density at radius 3 is 2.26 bits per heavy atom. The quantitative estimate of drug-likeness (QED) is 0.348. The molecule has 8 N–H and O–H groups in total. The fourth-order valence-corrected chi connectivity index (χ4v) is 2.45. The van der Waals surface area contributed by atoms with Gasteiger partial charge in [-0.25, -0.2) is 0 Å². The molecular formula is C20H28N4O2S. The number of aromatic hydroxyl groups is 1. The number of para-hydroxylation sites is 1. The van der Waals surface area contributed by atoms with Crippen LogP contribution in [0, 0.1) is 0 Å². The molecule has 0 spiro atoms. The Morgan fingerprint density at radius 1 is 1.04 bits per heavy atom. The highest BCUT2D eigenvalue weighted by Gasteiger charge is 2.07. The number of ether oxygens (including phenoxy) is 1. The SMILES string of the molecule is CNCc1ccc(CCOC(/C=C(\N)c2ccccc2O)=C(N)N)cc1.S. The second-order valence-electron chi connectivity index (χ2n) is 5.88. The van der Waals surface area contributed by atoms with Crippen molar-refractivity contribution >= 4 is 19.2 Å². The number of rotatable bonds is 8. The molecule has 27 heavy (non-hydrogen) atoms. The lowest BCUT2D eigenvalue weighted by Gasteiger charge is -2.11. The molecule has 2 aromatic carbocycles. The van der Waals surface area contributed by atoms with Gasteiger partial charge in [-0.05, 0) is 30.3 Å². The van der Waals surface area contributed by atoms with Crippen LogP contribution in [0.2, 0.25) is 0 Å². The van der Waals surface area contributed by atoms with E-state index >= 15 is 0 Å². The van der Waals surface area contributed by atoms with Gasteiger partial charge in [0.15, 0.2) is 5.76 Å². The largest absolute Gasteiger partial charge is 0.507 e. The number of allylic oxidation sites excluding steroid dienone is 1. The third-order valence-corrected chi connectivity index (χ3v) is 3.84. The van der Waals surface area contributed by atoms with Gasteiger partial charge < -0.3 is 32.4 Å². The molecule has 2 rings (SSSR count). The molecule has 0 saturated heterocycles. The molecule has 0 aliphatic heterocycles. The van der Waals surface area contributed by atoms with Crippen molar-refractivity contribution in [2.24, 2.45) is 17.2 Å². The van der Waals surface area contributed by atoms with Crippen LogP contribution in [-0.4, -0.2) is 18.8 Å². The molecule has 0 aliphatic rings. The Morgan fingerprint density at radius 2 is 1.67 bits per heavy atom. The average molecular weight is 389 g/mol. The Bertz CT molecular complexity index is 785. The standard InChI is InChI=1S/C20H26N4O2.H2S/c1-24-13-15-8-6-14(7-9-15)10-11-26-19(20(22)23)12-17(21)16-4-2-3-5-18(16)25;/h2-9,12,24-25H,10-11,13,21-23H2,1H3;1H2/b17-12-;. The van der Waals surface area contributed by atoms with Gasteiger partial charge >= 0.3 is 0 Å². The fraction of sp³-hybridized carbons (Fsp3) is 0.200. The maximum Gasteiger partial charge on any atom is 0.160 e. The van der Waals surface area contributed by atoms with Crippen LogP contribution in [0.15, 0.2) is 66.2 Å². The van der Waals surface area contributed by atoms with E-state index in [2.05, 4.69) is 29.6 Å². The highest BCUT2D eigenvalue weighted by atomic mass is 32.1. The van der Waals surface area contributed by atoms with Crippen LogP contribution >= 0.6 is 13.5 Å². The van der Waals surface area contributed by atoms with Crippen molar-refractivity contribution < 1.29 is 9.84 Å². The predicted octanol–water partition coefficient (Wildman–Crippen LogP) is 1.87. The first-order chi connectivity index (χ1) is 12.5. The summed E-state index contributed by atoms with van der Waals surface area (Å²) in [5, 5.41) is 13.0. The average Bonchev–Trinajstić information content (AvgIpc) is 2.62. The van der Waals surface area contributed by atoms with E-state index < -0.39 is 0 Å².